The molecule has 4 bridgehead atoms. The molecule has 0 spiro atoms. The maximum atomic E-state index is 13.0. The number of nitrogens with zero attached hydrogens (tertiary/aromatic N) is 1. The van der Waals surface area contributed by atoms with Gasteiger partial charge < -0.3 is 14.6 Å². The molecule has 3 aromatic rings. The number of halogens is 2. The van der Waals surface area contributed by atoms with Gasteiger partial charge in [0.15, 0.2) is 5.75 Å². The minimum Gasteiger partial charge on any atom is -0.505 e. The van der Waals surface area contributed by atoms with E-state index < -0.39 is 26.6 Å². The van der Waals surface area contributed by atoms with Crippen LogP contribution in [0.3, 0.4) is 0 Å². The van der Waals surface area contributed by atoms with Crippen LogP contribution in [0.1, 0.15) is 15.9 Å². The second-order valence-electron chi connectivity index (χ2n) is 6.56. The molecule has 0 atom stereocenters. The van der Waals surface area contributed by atoms with Crippen molar-refractivity contribution >= 4 is 44.9 Å². The van der Waals surface area contributed by atoms with Crippen LogP contribution in [0.15, 0.2) is 47.5 Å². The molecule has 1 aliphatic rings. The zero-order chi connectivity index (χ0) is 22.3. The maximum absolute atomic E-state index is 13.0. The van der Waals surface area contributed by atoms with Gasteiger partial charge in [0.1, 0.15) is 11.5 Å². The van der Waals surface area contributed by atoms with Crippen LogP contribution >= 0.6 is 23.2 Å². The number of nitrogens with one attached hydrogen (secondary N) is 1. The van der Waals surface area contributed by atoms with Crippen molar-refractivity contribution in [3.63, 3.8) is 0 Å². The third-order valence-electron chi connectivity index (χ3n) is 4.61. The fraction of sp³-hybridized carbons (Fsp3) is 0.100. The number of phenols is 1. The molecule has 0 saturated heterocycles. The van der Waals surface area contributed by atoms with Gasteiger partial charge in [-0.1, -0.05) is 29.3 Å². The van der Waals surface area contributed by atoms with E-state index in [1.54, 1.807) is 12.1 Å². The lowest BCUT2D eigenvalue weighted by Gasteiger charge is -2.14. The summed E-state index contributed by atoms with van der Waals surface area (Å²) in [6.07, 6.45) is 1.52. The van der Waals surface area contributed by atoms with Gasteiger partial charge in [-0.15, -0.1) is 0 Å². The number of hydrogen-bond donors (Lipinski definition) is 2. The molecule has 0 radical (unpaired) electrons. The Balaban J connectivity index is 1.98. The lowest BCUT2D eigenvalue weighted by molar-refractivity contribution is 0.0472. The van der Waals surface area contributed by atoms with Gasteiger partial charge in [0, 0.05) is 23.4 Å². The van der Waals surface area contributed by atoms with E-state index in [2.05, 4.69) is 9.71 Å². The number of esters is 1. The summed E-state index contributed by atoms with van der Waals surface area (Å²) in [4.78, 5) is 16.2. The lowest BCUT2D eigenvalue weighted by Crippen LogP contribution is -2.15. The molecule has 2 N–H and O–H groups in total. The van der Waals surface area contributed by atoms with Crippen LogP contribution in [0.2, 0.25) is 10.0 Å². The summed E-state index contributed by atoms with van der Waals surface area (Å²) < 4.78 is 38.8. The van der Waals surface area contributed by atoms with Gasteiger partial charge in [-0.05, 0) is 29.8 Å². The number of aromatic hydroxyl groups is 1. The number of rotatable bonds is 1. The normalized spacial score (nSPS) is 14.7. The Morgan fingerprint density at radius 3 is 2.65 bits per heavy atom. The molecule has 0 fully saturated rings. The number of hydrogen-bond acceptors (Lipinski definition) is 7. The summed E-state index contributed by atoms with van der Waals surface area (Å²) in [5, 5.41) is 10.0. The number of cyclic esters (lactones) is 1. The molecule has 160 valence electrons. The quantitative estimate of drug-likeness (QED) is 0.500. The number of fused-ring (bicyclic) bond motifs is 6. The Labute approximate surface area is 187 Å². The SMILES string of the molecule is COc1cc2c(cn1)-c1ccc(Cl)c(c1)NS(=O)(=O)c1cc(cc(Cl)c1O)C(=O)OC2. The van der Waals surface area contributed by atoms with Crippen molar-refractivity contribution in [1.82, 2.24) is 4.98 Å². The molecular formula is C20H14Cl2N2O6S. The van der Waals surface area contributed by atoms with Crippen LogP contribution < -0.4 is 9.46 Å². The van der Waals surface area contributed by atoms with Crippen molar-refractivity contribution in [3.05, 3.63) is 63.8 Å². The van der Waals surface area contributed by atoms with Gasteiger partial charge >= 0.3 is 5.97 Å². The summed E-state index contributed by atoms with van der Waals surface area (Å²) in [7, 11) is -2.90. The standard InChI is InChI=1S/C20H14Cl2N2O6S/c1-29-18-7-12-9-30-20(26)11-4-15(22)19(25)17(6-11)31(27,28)24-16-5-10(2-3-14(16)21)13(12)8-23-18/h2-8,24-25H,9H2,1H3. The molecule has 2 aromatic carbocycles. The third kappa shape index (κ3) is 3.99. The molecule has 8 nitrogen and oxygen atoms in total. The Morgan fingerprint density at radius 1 is 1.13 bits per heavy atom. The number of anilines is 1. The summed E-state index contributed by atoms with van der Waals surface area (Å²) in [6, 6.07) is 8.40. The van der Waals surface area contributed by atoms with Crippen molar-refractivity contribution in [2.45, 2.75) is 11.5 Å². The highest BCUT2D eigenvalue weighted by Crippen LogP contribution is 2.37. The number of pyridine rings is 1. The first kappa shape index (κ1) is 21.2. The zero-order valence-electron chi connectivity index (χ0n) is 15.8. The number of sulfonamides is 1. The molecule has 11 heteroatoms. The van der Waals surface area contributed by atoms with Crippen molar-refractivity contribution in [2.24, 2.45) is 0 Å². The molecule has 0 saturated carbocycles. The van der Waals surface area contributed by atoms with Gasteiger partial charge in [-0.3, -0.25) is 4.72 Å². The average molecular weight is 481 g/mol. The highest BCUT2D eigenvalue weighted by atomic mass is 35.5. The van der Waals surface area contributed by atoms with Crippen LogP contribution in [0.5, 0.6) is 11.6 Å². The summed E-state index contributed by atoms with van der Waals surface area (Å²) >= 11 is 12.2. The van der Waals surface area contributed by atoms with Crippen molar-refractivity contribution in [2.75, 3.05) is 11.8 Å². The number of ether oxygens (including phenoxy) is 2. The number of aromatic nitrogens is 1. The van der Waals surface area contributed by atoms with E-state index in [0.29, 0.717) is 22.6 Å². The fourth-order valence-corrected chi connectivity index (χ4v) is 4.77. The predicted molar refractivity (Wildman–Crippen MR) is 114 cm³/mol. The highest BCUT2D eigenvalue weighted by molar-refractivity contribution is 7.92. The van der Waals surface area contributed by atoms with Gasteiger partial charge in [0.05, 0.1) is 28.4 Å². The minimum atomic E-state index is -4.36. The lowest BCUT2D eigenvalue weighted by atomic mass is 10.0. The molecule has 0 aliphatic carbocycles. The number of methoxy groups -OCH3 is 1. The fourth-order valence-electron chi connectivity index (χ4n) is 3.06. The molecule has 2 heterocycles. The van der Waals surface area contributed by atoms with Crippen molar-refractivity contribution in [1.29, 1.82) is 0 Å². The Morgan fingerprint density at radius 2 is 1.90 bits per heavy atom. The minimum absolute atomic E-state index is 0.0633. The molecule has 4 rings (SSSR count). The van der Waals surface area contributed by atoms with E-state index in [9.17, 15) is 18.3 Å². The van der Waals surface area contributed by atoms with E-state index in [-0.39, 0.29) is 27.9 Å². The van der Waals surface area contributed by atoms with Gasteiger partial charge in [0.2, 0.25) is 5.88 Å². The van der Waals surface area contributed by atoms with Crippen LogP contribution in [-0.4, -0.2) is 31.6 Å². The summed E-state index contributed by atoms with van der Waals surface area (Å²) in [5.41, 5.74) is 1.63. The van der Waals surface area contributed by atoms with Gasteiger partial charge in [-0.2, -0.15) is 0 Å². The molecular weight excluding hydrogens is 467 g/mol. The summed E-state index contributed by atoms with van der Waals surface area (Å²) in [6.45, 7) is -0.154. The van der Waals surface area contributed by atoms with E-state index in [1.807, 2.05) is 0 Å². The number of benzene rings is 2. The number of carbonyl (C=O) groups excluding carboxylic acids is 1. The molecule has 0 unspecified atom stereocenters. The highest BCUT2D eigenvalue weighted by Gasteiger charge is 2.26. The van der Waals surface area contributed by atoms with E-state index in [0.717, 1.165) is 12.1 Å². The van der Waals surface area contributed by atoms with Crippen molar-refractivity contribution in [3.8, 4) is 22.8 Å². The molecule has 1 aromatic heterocycles. The van der Waals surface area contributed by atoms with Crippen LogP contribution in [0.4, 0.5) is 5.69 Å². The molecule has 0 amide bonds. The van der Waals surface area contributed by atoms with E-state index in [1.165, 1.54) is 25.4 Å². The Kier molecular flexibility index (Phi) is 5.42. The number of carbonyl (C=O) groups is 1. The summed E-state index contributed by atoms with van der Waals surface area (Å²) in [5.74, 6) is -1.22. The zero-order valence-corrected chi connectivity index (χ0v) is 18.2. The van der Waals surface area contributed by atoms with Gasteiger partial charge in [0.25, 0.3) is 10.0 Å². The number of phenolic OH excluding ortho intramolecular Hbond substituents is 1. The Hall–Kier alpha value is -3.01. The first-order chi connectivity index (χ1) is 14.7. The Bertz CT molecular complexity index is 1330. The first-order valence-corrected chi connectivity index (χ1v) is 11.0. The third-order valence-corrected chi connectivity index (χ3v) is 6.60. The van der Waals surface area contributed by atoms with E-state index in [4.69, 9.17) is 32.7 Å². The van der Waals surface area contributed by atoms with Gasteiger partial charge in [-0.25, -0.2) is 18.2 Å². The van der Waals surface area contributed by atoms with E-state index >= 15 is 0 Å². The predicted octanol–water partition coefficient (Wildman–Crippen LogP) is 4.24. The van der Waals surface area contributed by atoms with Crippen LogP contribution in [-0.2, 0) is 21.4 Å². The second kappa shape index (κ2) is 7.92. The maximum Gasteiger partial charge on any atom is 0.338 e. The van der Waals surface area contributed by atoms with Crippen LogP contribution in [0, 0.1) is 0 Å². The largest absolute Gasteiger partial charge is 0.505 e. The van der Waals surface area contributed by atoms with Crippen molar-refractivity contribution < 1.29 is 27.8 Å². The average Bonchev–Trinajstić information content (AvgIpc) is 2.74. The topological polar surface area (TPSA) is 115 Å². The smallest absolute Gasteiger partial charge is 0.338 e. The molecule has 31 heavy (non-hydrogen) atoms. The second-order valence-corrected chi connectivity index (χ2v) is 9.03. The first-order valence-electron chi connectivity index (χ1n) is 8.75. The van der Waals surface area contributed by atoms with Crippen LogP contribution in [0.25, 0.3) is 11.1 Å². The monoisotopic (exact) mass is 480 g/mol. The molecule has 1 aliphatic heterocycles.